The van der Waals surface area contributed by atoms with Crippen molar-refractivity contribution in [1.82, 2.24) is 5.43 Å². The van der Waals surface area contributed by atoms with E-state index < -0.39 is 9.84 Å². The summed E-state index contributed by atoms with van der Waals surface area (Å²) in [6.45, 7) is 2.05. The lowest BCUT2D eigenvalue weighted by atomic mass is 10.0. The molecule has 1 aliphatic heterocycles. The molecular formula is C10H22N2O3S. The number of nitrogens with two attached hydrogens (primary N) is 1. The summed E-state index contributed by atoms with van der Waals surface area (Å²) in [7, 11) is -2.87. The second kappa shape index (κ2) is 5.95. The summed E-state index contributed by atoms with van der Waals surface area (Å²) < 4.78 is 27.7. The van der Waals surface area contributed by atoms with Crippen molar-refractivity contribution in [3.05, 3.63) is 0 Å². The Morgan fingerprint density at radius 3 is 2.62 bits per heavy atom. The molecule has 16 heavy (non-hydrogen) atoms. The lowest BCUT2D eigenvalue weighted by Gasteiger charge is -2.22. The highest BCUT2D eigenvalue weighted by molar-refractivity contribution is 7.90. The van der Waals surface area contributed by atoms with Gasteiger partial charge in [-0.3, -0.25) is 11.3 Å². The molecule has 96 valence electrons. The van der Waals surface area contributed by atoms with Gasteiger partial charge in [-0.15, -0.1) is 0 Å². The predicted molar refractivity (Wildman–Crippen MR) is 63.6 cm³/mol. The fourth-order valence-electron chi connectivity index (χ4n) is 2.07. The fourth-order valence-corrected chi connectivity index (χ4v) is 2.76. The topological polar surface area (TPSA) is 81.4 Å². The van der Waals surface area contributed by atoms with Crippen LogP contribution in [0, 0.1) is 0 Å². The van der Waals surface area contributed by atoms with Crippen molar-refractivity contribution in [3.8, 4) is 0 Å². The fraction of sp³-hybridized carbons (Fsp3) is 1.00. The van der Waals surface area contributed by atoms with Crippen molar-refractivity contribution in [2.24, 2.45) is 5.84 Å². The molecular weight excluding hydrogens is 228 g/mol. The third-order valence-electron chi connectivity index (χ3n) is 2.96. The van der Waals surface area contributed by atoms with Gasteiger partial charge >= 0.3 is 0 Å². The van der Waals surface area contributed by atoms with Crippen molar-refractivity contribution >= 4 is 9.84 Å². The monoisotopic (exact) mass is 250 g/mol. The molecule has 1 fully saturated rings. The number of hydrazine groups is 1. The van der Waals surface area contributed by atoms with Crippen molar-refractivity contribution in [1.29, 1.82) is 0 Å². The summed E-state index contributed by atoms with van der Waals surface area (Å²) in [5.74, 6) is 5.68. The van der Waals surface area contributed by atoms with Gasteiger partial charge < -0.3 is 4.74 Å². The molecule has 0 amide bonds. The van der Waals surface area contributed by atoms with Crippen molar-refractivity contribution in [3.63, 3.8) is 0 Å². The molecule has 6 heteroatoms. The standard InChI is InChI=1S/C10H22N2O3S/c1-8-5-6-10(15-8)9(12-11)4-3-7-16(2,13)14/h8-10,12H,3-7,11H2,1-2H3. The molecule has 1 heterocycles. The van der Waals surface area contributed by atoms with Crippen LogP contribution in [0.2, 0.25) is 0 Å². The average molecular weight is 250 g/mol. The third-order valence-corrected chi connectivity index (χ3v) is 3.99. The van der Waals surface area contributed by atoms with Gasteiger partial charge in [-0.25, -0.2) is 8.42 Å². The van der Waals surface area contributed by atoms with Gasteiger partial charge in [-0.2, -0.15) is 0 Å². The number of sulfone groups is 1. The first kappa shape index (κ1) is 13.9. The molecule has 3 unspecified atom stereocenters. The van der Waals surface area contributed by atoms with Crippen LogP contribution in [0.4, 0.5) is 0 Å². The number of hydrogen-bond acceptors (Lipinski definition) is 5. The maximum Gasteiger partial charge on any atom is 0.147 e. The summed E-state index contributed by atoms with van der Waals surface area (Å²) in [5.41, 5.74) is 2.73. The van der Waals surface area contributed by atoms with E-state index in [1.807, 2.05) is 6.92 Å². The second-order valence-electron chi connectivity index (χ2n) is 4.61. The van der Waals surface area contributed by atoms with Crippen LogP contribution in [0.15, 0.2) is 0 Å². The minimum absolute atomic E-state index is 0.0618. The molecule has 5 nitrogen and oxygen atoms in total. The van der Waals surface area contributed by atoms with Crippen molar-refractivity contribution in [2.45, 2.75) is 50.9 Å². The van der Waals surface area contributed by atoms with Gasteiger partial charge in [0.15, 0.2) is 0 Å². The largest absolute Gasteiger partial charge is 0.374 e. The highest BCUT2D eigenvalue weighted by Gasteiger charge is 2.28. The van der Waals surface area contributed by atoms with Crippen molar-refractivity contribution < 1.29 is 13.2 Å². The normalized spacial score (nSPS) is 28.2. The van der Waals surface area contributed by atoms with Gasteiger partial charge in [0.1, 0.15) is 9.84 Å². The van der Waals surface area contributed by atoms with Crippen LogP contribution >= 0.6 is 0 Å². The summed E-state index contributed by atoms with van der Waals surface area (Å²) in [6, 6.07) is 0.0618. The molecule has 0 aromatic rings. The number of ether oxygens (including phenoxy) is 1. The van der Waals surface area contributed by atoms with E-state index >= 15 is 0 Å². The zero-order valence-corrected chi connectivity index (χ0v) is 10.8. The number of hydrogen-bond donors (Lipinski definition) is 2. The van der Waals surface area contributed by atoms with Gasteiger partial charge in [0.2, 0.25) is 0 Å². The first-order valence-corrected chi connectivity index (χ1v) is 7.77. The molecule has 1 rings (SSSR count). The first-order chi connectivity index (χ1) is 7.42. The van der Waals surface area contributed by atoms with E-state index in [0.29, 0.717) is 6.42 Å². The molecule has 0 spiro atoms. The summed E-state index contributed by atoms with van der Waals surface area (Å²) in [4.78, 5) is 0. The summed E-state index contributed by atoms with van der Waals surface area (Å²) in [5, 5.41) is 0. The molecule has 0 saturated carbocycles. The van der Waals surface area contributed by atoms with Crippen LogP contribution < -0.4 is 11.3 Å². The van der Waals surface area contributed by atoms with E-state index in [2.05, 4.69) is 5.43 Å². The summed E-state index contributed by atoms with van der Waals surface area (Å²) in [6.07, 6.45) is 5.08. The van der Waals surface area contributed by atoms with Gasteiger partial charge in [-0.05, 0) is 32.6 Å². The maximum atomic E-state index is 11.0. The molecule has 3 atom stereocenters. The van der Waals surface area contributed by atoms with Gasteiger partial charge in [-0.1, -0.05) is 0 Å². The SMILES string of the molecule is CC1CCC(C(CCCS(C)(=O)=O)NN)O1. The highest BCUT2D eigenvalue weighted by Crippen LogP contribution is 2.23. The molecule has 3 N–H and O–H groups in total. The Morgan fingerprint density at radius 2 is 2.19 bits per heavy atom. The zero-order valence-electron chi connectivity index (χ0n) is 9.98. The molecule has 0 aromatic heterocycles. The summed E-state index contributed by atoms with van der Waals surface area (Å²) >= 11 is 0. The Balaban J connectivity index is 2.32. The van der Waals surface area contributed by atoms with Crippen LogP contribution in [0.25, 0.3) is 0 Å². The second-order valence-corrected chi connectivity index (χ2v) is 6.87. The Hall–Kier alpha value is -0.170. The maximum absolute atomic E-state index is 11.0. The number of nitrogens with one attached hydrogen (secondary N) is 1. The molecule has 0 radical (unpaired) electrons. The Morgan fingerprint density at radius 1 is 1.50 bits per heavy atom. The lowest BCUT2D eigenvalue weighted by Crippen LogP contribution is -2.44. The quantitative estimate of drug-likeness (QED) is 0.520. The molecule has 0 aromatic carbocycles. The van der Waals surface area contributed by atoms with Crippen LogP contribution in [0.5, 0.6) is 0 Å². The van der Waals surface area contributed by atoms with E-state index in [9.17, 15) is 8.42 Å². The Labute approximate surface area is 97.6 Å². The average Bonchev–Trinajstić information content (AvgIpc) is 2.58. The van der Waals surface area contributed by atoms with Gasteiger partial charge in [0, 0.05) is 18.1 Å². The minimum atomic E-state index is -2.87. The Kier molecular flexibility index (Phi) is 5.17. The minimum Gasteiger partial charge on any atom is -0.374 e. The zero-order chi connectivity index (χ0) is 12.2. The lowest BCUT2D eigenvalue weighted by molar-refractivity contribution is 0.0299. The van der Waals surface area contributed by atoms with Crippen LogP contribution in [-0.4, -0.2) is 38.7 Å². The van der Waals surface area contributed by atoms with E-state index in [-0.39, 0.29) is 24.0 Å². The third kappa shape index (κ3) is 4.78. The molecule has 0 bridgehead atoms. The van der Waals surface area contributed by atoms with Crippen LogP contribution in [0.1, 0.15) is 32.6 Å². The number of rotatable bonds is 6. The first-order valence-electron chi connectivity index (χ1n) is 5.71. The Bertz CT molecular complexity index is 305. The predicted octanol–water partition coefficient (Wildman–Crippen LogP) is 0.211. The van der Waals surface area contributed by atoms with Crippen molar-refractivity contribution in [2.75, 3.05) is 12.0 Å². The highest BCUT2D eigenvalue weighted by atomic mass is 32.2. The van der Waals surface area contributed by atoms with E-state index in [0.717, 1.165) is 19.3 Å². The molecule has 1 aliphatic rings. The van der Waals surface area contributed by atoms with E-state index in [1.165, 1.54) is 6.26 Å². The smallest absolute Gasteiger partial charge is 0.147 e. The van der Waals surface area contributed by atoms with E-state index in [4.69, 9.17) is 10.6 Å². The van der Waals surface area contributed by atoms with E-state index in [1.54, 1.807) is 0 Å². The molecule has 0 aliphatic carbocycles. The van der Waals surface area contributed by atoms with Crippen LogP contribution in [-0.2, 0) is 14.6 Å². The van der Waals surface area contributed by atoms with Gasteiger partial charge in [0.05, 0.1) is 12.2 Å². The molecule has 1 saturated heterocycles. The van der Waals surface area contributed by atoms with Gasteiger partial charge in [0.25, 0.3) is 0 Å². The van der Waals surface area contributed by atoms with Crippen LogP contribution in [0.3, 0.4) is 0 Å².